The van der Waals surface area contributed by atoms with E-state index in [0.29, 0.717) is 18.8 Å². The monoisotopic (exact) mass is 367 g/mol. The molecule has 0 saturated heterocycles. The first kappa shape index (κ1) is 17.5. The maximum atomic E-state index is 12.9. The first-order valence-corrected chi connectivity index (χ1v) is 9.65. The van der Waals surface area contributed by atoms with Gasteiger partial charge in [0.15, 0.2) is 15.7 Å². The van der Waals surface area contributed by atoms with Gasteiger partial charge in [-0.2, -0.15) is 0 Å². The van der Waals surface area contributed by atoms with E-state index in [0.717, 1.165) is 25.0 Å². The molecule has 3 rings (SSSR count). The van der Waals surface area contributed by atoms with Crippen LogP contribution in [0.5, 0.6) is 0 Å². The molecule has 1 aliphatic rings. The van der Waals surface area contributed by atoms with Crippen LogP contribution in [0, 0.1) is 5.82 Å². The molecule has 25 heavy (non-hydrogen) atoms. The van der Waals surface area contributed by atoms with Crippen LogP contribution in [0.4, 0.5) is 4.39 Å². The molecule has 1 aromatic carbocycles. The number of hydrogen-bond acceptors (Lipinski definition) is 6. The Labute approximate surface area is 144 Å². The van der Waals surface area contributed by atoms with E-state index >= 15 is 0 Å². The molecule has 10 heteroatoms. The maximum Gasteiger partial charge on any atom is 0.230 e. The van der Waals surface area contributed by atoms with Gasteiger partial charge in [-0.25, -0.2) is 17.5 Å². The van der Waals surface area contributed by atoms with Gasteiger partial charge in [0.25, 0.3) is 0 Å². The fraction of sp³-hybridized carbons (Fsp3) is 0.467. The number of sulfone groups is 1. The zero-order valence-electron chi connectivity index (χ0n) is 13.4. The summed E-state index contributed by atoms with van der Waals surface area (Å²) < 4.78 is 38.9. The maximum absolute atomic E-state index is 12.9. The number of nitrogens with one attached hydrogen (secondary N) is 1. The third-order valence-electron chi connectivity index (χ3n) is 4.14. The van der Waals surface area contributed by atoms with E-state index in [4.69, 9.17) is 0 Å². The lowest BCUT2D eigenvalue weighted by atomic mass is 10.0. The summed E-state index contributed by atoms with van der Waals surface area (Å²) in [6.07, 6.45) is 2.37. The van der Waals surface area contributed by atoms with E-state index in [1.165, 1.54) is 12.1 Å². The average molecular weight is 367 g/mol. The van der Waals surface area contributed by atoms with Crippen LogP contribution in [0.2, 0.25) is 0 Å². The van der Waals surface area contributed by atoms with Gasteiger partial charge in [-0.3, -0.25) is 4.79 Å². The minimum absolute atomic E-state index is 0.0292. The molecule has 1 atom stereocenters. The summed E-state index contributed by atoms with van der Waals surface area (Å²) >= 11 is 0. The Bertz CT molecular complexity index is 850. The summed E-state index contributed by atoms with van der Waals surface area (Å²) in [7, 11) is -3.59. The number of aromatic nitrogens is 4. The third-order valence-corrected chi connectivity index (χ3v) is 5.88. The number of halogens is 1. The molecule has 0 fully saturated rings. The van der Waals surface area contributed by atoms with Crippen molar-refractivity contribution >= 4 is 15.7 Å². The molecular formula is C15H18FN5O3S. The molecule has 0 unspecified atom stereocenters. The zero-order chi connectivity index (χ0) is 17.9. The Balaban J connectivity index is 1.60. The number of fused-ring (bicyclic) bond motifs is 1. The van der Waals surface area contributed by atoms with Crippen molar-refractivity contribution in [2.75, 3.05) is 12.3 Å². The Morgan fingerprint density at radius 1 is 1.28 bits per heavy atom. The number of nitrogens with zero attached hydrogens (tertiary/aromatic N) is 4. The van der Waals surface area contributed by atoms with Crippen LogP contribution in [0.15, 0.2) is 29.2 Å². The number of benzene rings is 1. The van der Waals surface area contributed by atoms with E-state index in [2.05, 4.69) is 20.8 Å². The van der Waals surface area contributed by atoms with E-state index in [1.807, 2.05) is 0 Å². The molecule has 0 aliphatic carbocycles. The van der Waals surface area contributed by atoms with Crippen molar-refractivity contribution in [2.24, 2.45) is 0 Å². The van der Waals surface area contributed by atoms with E-state index < -0.39 is 21.6 Å². The van der Waals surface area contributed by atoms with Crippen LogP contribution in [0.1, 0.15) is 31.0 Å². The minimum atomic E-state index is -3.59. The number of carbonyl (C=O) groups excluding carboxylic acids is 1. The highest BCUT2D eigenvalue weighted by Gasteiger charge is 2.28. The van der Waals surface area contributed by atoms with Crippen molar-refractivity contribution in [1.29, 1.82) is 0 Å². The Morgan fingerprint density at radius 3 is 2.80 bits per heavy atom. The predicted molar refractivity (Wildman–Crippen MR) is 85.9 cm³/mol. The fourth-order valence-electron chi connectivity index (χ4n) is 2.80. The second-order valence-electron chi connectivity index (χ2n) is 5.87. The van der Waals surface area contributed by atoms with Gasteiger partial charge < -0.3 is 5.32 Å². The standard InChI is InChI=1S/C15H18FN5O3S/c16-11-4-6-12(7-5-11)25(23,24)10-8-17-15(22)13-3-1-2-9-21-14(13)18-19-20-21/h4-7,13H,1-3,8-10H2,(H,17,22)/t13-/m1/s1. The van der Waals surface area contributed by atoms with Crippen molar-refractivity contribution in [3.8, 4) is 0 Å². The summed E-state index contributed by atoms with van der Waals surface area (Å²) in [5.74, 6) is -1.02. The second-order valence-corrected chi connectivity index (χ2v) is 7.98. The summed E-state index contributed by atoms with van der Waals surface area (Å²) in [5.41, 5.74) is 0. The van der Waals surface area contributed by atoms with E-state index in [1.54, 1.807) is 4.68 Å². The van der Waals surface area contributed by atoms with Gasteiger partial charge in [0, 0.05) is 13.1 Å². The van der Waals surface area contributed by atoms with Gasteiger partial charge in [0.05, 0.1) is 16.6 Å². The van der Waals surface area contributed by atoms with E-state index in [-0.39, 0.29) is 23.1 Å². The molecule has 0 saturated carbocycles. The molecule has 8 nitrogen and oxygen atoms in total. The Morgan fingerprint density at radius 2 is 2.04 bits per heavy atom. The minimum Gasteiger partial charge on any atom is -0.354 e. The van der Waals surface area contributed by atoms with Crippen molar-refractivity contribution in [1.82, 2.24) is 25.5 Å². The lowest BCUT2D eigenvalue weighted by molar-refractivity contribution is -0.122. The molecule has 134 valence electrons. The Kier molecular flexibility index (Phi) is 5.07. The topological polar surface area (TPSA) is 107 Å². The molecule has 1 amide bonds. The molecular weight excluding hydrogens is 349 g/mol. The van der Waals surface area contributed by atoms with Crippen LogP contribution in [-0.4, -0.2) is 46.8 Å². The summed E-state index contributed by atoms with van der Waals surface area (Å²) in [5, 5.41) is 14.0. The highest BCUT2D eigenvalue weighted by Crippen LogP contribution is 2.23. The van der Waals surface area contributed by atoms with Gasteiger partial charge in [0.2, 0.25) is 5.91 Å². The molecule has 0 radical (unpaired) electrons. The number of aryl methyl sites for hydroxylation is 1. The van der Waals surface area contributed by atoms with Crippen LogP contribution < -0.4 is 5.32 Å². The van der Waals surface area contributed by atoms with Gasteiger partial charge in [0.1, 0.15) is 5.82 Å². The largest absolute Gasteiger partial charge is 0.354 e. The third kappa shape index (κ3) is 4.01. The SMILES string of the molecule is O=C(NCCS(=O)(=O)c1ccc(F)cc1)[C@@H]1CCCCn2nnnc21. The molecule has 2 aromatic rings. The first-order chi connectivity index (χ1) is 12.0. The average Bonchev–Trinajstić information content (AvgIpc) is 2.94. The molecule has 0 bridgehead atoms. The lowest BCUT2D eigenvalue weighted by Crippen LogP contribution is -2.34. The number of hydrogen-bond donors (Lipinski definition) is 1. The van der Waals surface area contributed by atoms with Crippen molar-refractivity contribution in [3.63, 3.8) is 0 Å². The predicted octanol–water partition coefficient (Wildman–Crippen LogP) is 0.670. The zero-order valence-corrected chi connectivity index (χ0v) is 14.2. The Hall–Kier alpha value is -2.36. The highest BCUT2D eigenvalue weighted by molar-refractivity contribution is 7.91. The van der Waals surface area contributed by atoms with Crippen LogP contribution in [-0.2, 0) is 21.2 Å². The fourth-order valence-corrected chi connectivity index (χ4v) is 3.96. The normalized spacial score (nSPS) is 17.6. The van der Waals surface area contributed by atoms with Crippen molar-refractivity contribution in [2.45, 2.75) is 36.6 Å². The van der Waals surface area contributed by atoms with Crippen LogP contribution >= 0.6 is 0 Å². The summed E-state index contributed by atoms with van der Waals surface area (Å²) in [6.45, 7) is 0.641. The van der Waals surface area contributed by atoms with Gasteiger partial charge >= 0.3 is 0 Å². The van der Waals surface area contributed by atoms with Crippen molar-refractivity contribution in [3.05, 3.63) is 35.9 Å². The van der Waals surface area contributed by atoms with Gasteiger partial charge in [-0.15, -0.1) is 5.10 Å². The van der Waals surface area contributed by atoms with Gasteiger partial charge in [-0.05, 0) is 47.5 Å². The second kappa shape index (κ2) is 7.26. The first-order valence-electron chi connectivity index (χ1n) is 7.99. The molecule has 0 spiro atoms. The number of rotatable bonds is 5. The number of carbonyl (C=O) groups is 1. The lowest BCUT2D eigenvalue weighted by Gasteiger charge is -2.13. The van der Waals surface area contributed by atoms with E-state index in [9.17, 15) is 17.6 Å². The highest BCUT2D eigenvalue weighted by atomic mass is 32.2. The number of tetrazole rings is 1. The van der Waals surface area contributed by atoms with Crippen molar-refractivity contribution < 1.29 is 17.6 Å². The smallest absolute Gasteiger partial charge is 0.230 e. The molecule has 1 N–H and O–H groups in total. The molecule has 1 aliphatic heterocycles. The molecule has 2 heterocycles. The summed E-state index contributed by atoms with van der Waals surface area (Å²) in [6, 6.07) is 4.62. The van der Waals surface area contributed by atoms with Crippen LogP contribution in [0.25, 0.3) is 0 Å². The quantitative estimate of drug-likeness (QED) is 0.779. The molecule has 1 aromatic heterocycles. The number of amides is 1. The van der Waals surface area contributed by atoms with Crippen LogP contribution in [0.3, 0.4) is 0 Å². The summed E-state index contributed by atoms with van der Waals surface area (Å²) in [4.78, 5) is 12.4. The van der Waals surface area contributed by atoms with Gasteiger partial charge in [-0.1, -0.05) is 6.42 Å².